The highest BCUT2D eigenvalue weighted by Gasteiger charge is 2.33. The molecule has 1 N–H and O–H groups in total. The molecule has 1 amide bonds. The Hall–Kier alpha value is -2.62. The van der Waals surface area contributed by atoms with E-state index in [4.69, 9.17) is 16.3 Å². The second-order valence-electron chi connectivity index (χ2n) is 5.14. The predicted molar refractivity (Wildman–Crippen MR) is 82.8 cm³/mol. The van der Waals surface area contributed by atoms with Gasteiger partial charge in [0.25, 0.3) is 5.91 Å². The normalized spacial score (nSPS) is 12.5. The van der Waals surface area contributed by atoms with E-state index in [1.165, 1.54) is 13.0 Å². The van der Waals surface area contributed by atoms with E-state index in [0.29, 0.717) is 6.07 Å². The maximum absolute atomic E-state index is 13.0. The summed E-state index contributed by atoms with van der Waals surface area (Å²) in [4.78, 5) is 23.7. The van der Waals surface area contributed by atoms with Crippen LogP contribution in [-0.4, -0.2) is 27.8 Å². The molecule has 0 saturated carbocycles. The summed E-state index contributed by atoms with van der Waals surface area (Å²) in [5.41, 5.74) is -1.04. The number of hydrogen-bond donors (Lipinski definition) is 1. The quantitative estimate of drug-likeness (QED) is 0.625. The molecule has 0 aliphatic heterocycles. The van der Waals surface area contributed by atoms with Crippen LogP contribution in [0.1, 0.15) is 12.6 Å². The zero-order chi connectivity index (χ0) is 19.5. The van der Waals surface area contributed by atoms with Gasteiger partial charge in [-0.3, -0.25) is 14.3 Å². The summed E-state index contributed by atoms with van der Waals surface area (Å²) >= 11 is 5.76. The van der Waals surface area contributed by atoms with Crippen molar-refractivity contribution < 1.29 is 31.9 Å². The molecule has 0 aliphatic rings. The molecule has 1 heterocycles. The first-order valence-electron chi connectivity index (χ1n) is 7.12. The lowest BCUT2D eigenvalue weighted by Gasteiger charge is -2.14. The Morgan fingerprint density at radius 1 is 1.35 bits per heavy atom. The highest BCUT2D eigenvalue weighted by Crippen LogP contribution is 2.27. The number of amides is 1. The molecule has 0 aliphatic carbocycles. The molecule has 26 heavy (non-hydrogen) atoms. The number of alkyl halides is 3. The van der Waals surface area contributed by atoms with Crippen molar-refractivity contribution in [1.82, 2.24) is 9.78 Å². The monoisotopic (exact) mass is 393 g/mol. The highest BCUT2D eigenvalue weighted by atomic mass is 35.5. The molecule has 1 aromatic heterocycles. The third-order valence-electron chi connectivity index (χ3n) is 3.09. The number of aromatic nitrogens is 2. The van der Waals surface area contributed by atoms with Gasteiger partial charge in [0.15, 0.2) is 11.8 Å². The number of nitrogens with one attached hydrogen (secondary N) is 1. The van der Waals surface area contributed by atoms with E-state index in [1.807, 2.05) is 0 Å². The largest absolute Gasteiger partial charge is 0.451 e. The lowest BCUT2D eigenvalue weighted by Crippen LogP contribution is -2.31. The number of esters is 1. The maximum Gasteiger partial charge on any atom is 0.435 e. The molecule has 0 spiro atoms. The molecule has 0 saturated heterocycles. The third-order valence-corrected chi connectivity index (χ3v) is 3.40. The van der Waals surface area contributed by atoms with Crippen LogP contribution >= 0.6 is 11.6 Å². The molecule has 1 unspecified atom stereocenters. The lowest BCUT2D eigenvalue weighted by molar-refractivity contribution is -0.154. The Morgan fingerprint density at radius 3 is 2.62 bits per heavy atom. The molecule has 0 fully saturated rings. The number of carbonyl (C=O) groups is 2. The molecular weight excluding hydrogens is 382 g/mol. The van der Waals surface area contributed by atoms with Gasteiger partial charge >= 0.3 is 12.1 Å². The molecule has 1 atom stereocenters. The minimum atomic E-state index is -4.63. The minimum absolute atomic E-state index is 0.0481. The van der Waals surface area contributed by atoms with Crippen LogP contribution in [0, 0.1) is 5.82 Å². The van der Waals surface area contributed by atoms with Gasteiger partial charge in [0.1, 0.15) is 12.4 Å². The summed E-state index contributed by atoms with van der Waals surface area (Å²) in [6, 6.07) is 4.00. The SMILES string of the molecule is CC(OC(=O)Cn1ccc(C(F)(F)F)n1)C(=O)Nc1ccc(F)cc1Cl. The van der Waals surface area contributed by atoms with Crippen molar-refractivity contribution in [2.45, 2.75) is 25.7 Å². The van der Waals surface area contributed by atoms with Crippen LogP contribution in [0.3, 0.4) is 0 Å². The molecule has 140 valence electrons. The van der Waals surface area contributed by atoms with Crippen LogP contribution in [0.25, 0.3) is 0 Å². The van der Waals surface area contributed by atoms with Gasteiger partial charge in [-0.2, -0.15) is 18.3 Å². The fourth-order valence-corrected chi connectivity index (χ4v) is 2.06. The van der Waals surface area contributed by atoms with Crippen molar-refractivity contribution in [2.24, 2.45) is 0 Å². The fraction of sp³-hybridized carbons (Fsp3) is 0.267. The summed E-state index contributed by atoms with van der Waals surface area (Å²) in [5.74, 6) is -2.30. The Kier molecular flexibility index (Phi) is 5.86. The average molecular weight is 394 g/mol. The first-order valence-corrected chi connectivity index (χ1v) is 7.50. The number of ether oxygens (including phenoxy) is 1. The van der Waals surface area contributed by atoms with Crippen LogP contribution in [0.2, 0.25) is 5.02 Å². The first-order chi connectivity index (χ1) is 12.1. The Balaban J connectivity index is 1.91. The van der Waals surface area contributed by atoms with Gasteiger partial charge in [0.05, 0.1) is 10.7 Å². The number of anilines is 1. The molecule has 2 aromatic rings. The van der Waals surface area contributed by atoms with Crippen molar-refractivity contribution in [2.75, 3.05) is 5.32 Å². The Bertz CT molecular complexity index is 823. The Morgan fingerprint density at radius 2 is 2.04 bits per heavy atom. The minimum Gasteiger partial charge on any atom is -0.451 e. The fourth-order valence-electron chi connectivity index (χ4n) is 1.85. The number of halogens is 5. The van der Waals surface area contributed by atoms with Crippen molar-refractivity contribution in [3.63, 3.8) is 0 Å². The number of benzene rings is 1. The molecule has 11 heteroatoms. The van der Waals surface area contributed by atoms with Gasteiger partial charge in [-0.25, -0.2) is 4.39 Å². The maximum atomic E-state index is 13.0. The number of carbonyl (C=O) groups excluding carboxylic acids is 2. The van der Waals surface area contributed by atoms with E-state index in [-0.39, 0.29) is 10.7 Å². The molecule has 1 aromatic carbocycles. The van der Waals surface area contributed by atoms with E-state index in [0.717, 1.165) is 23.0 Å². The molecule has 0 bridgehead atoms. The van der Waals surface area contributed by atoms with Crippen LogP contribution in [0.5, 0.6) is 0 Å². The zero-order valence-electron chi connectivity index (χ0n) is 13.2. The number of hydrogen-bond acceptors (Lipinski definition) is 4. The van der Waals surface area contributed by atoms with Crippen molar-refractivity contribution in [3.05, 3.63) is 47.0 Å². The summed E-state index contributed by atoms with van der Waals surface area (Å²) in [5, 5.41) is 5.49. The lowest BCUT2D eigenvalue weighted by atomic mass is 10.3. The third kappa shape index (κ3) is 5.19. The first kappa shape index (κ1) is 19.7. The summed E-state index contributed by atoms with van der Waals surface area (Å²) < 4.78 is 55.9. The molecular formula is C15H12ClF4N3O3. The number of rotatable bonds is 5. The standard InChI is InChI=1S/C15H12ClF4N3O3/c1-8(14(25)21-11-3-2-9(17)6-10(11)16)26-13(24)7-23-5-4-12(22-23)15(18,19)20/h2-6,8H,7H2,1H3,(H,21,25). The van der Waals surface area contributed by atoms with Crippen LogP contribution < -0.4 is 5.32 Å². The van der Waals surface area contributed by atoms with Gasteiger partial charge < -0.3 is 10.1 Å². The average Bonchev–Trinajstić information content (AvgIpc) is 2.98. The number of nitrogens with zero attached hydrogens (tertiary/aromatic N) is 2. The van der Waals surface area contributed by atoms with Gasteiger partial charge in [-0.15, -0.1) is 0 Å². The van der Waals surface area contributed by atoms with Crippen molar-refractivity contribution in [3.8, 4) is 0 Å². The second kappa shape index (κ2) is 7.73. The van der Waals surface area contributed by atoms with Gasteiger partial charge in [-0.1, -0.05) is 11.6 Å². The summed E-state index contributed by atoms with van der Waals surface area (Å²) in [7, 11) is 0. The van der Waals surface area contributed by atoms with Gasteiger partial charge in [-0.05, 0) is 31.2 Å². The highest BCUT2D eigenvalue weighted by molar-refractivity contribution is 6.33. The summed E-state index contributed by atoms with van der Waals surface area (Å²) in [6.45, 7) is 0.653. The smallest absolute Gasteiger partial charge is 0.435 e. The topological polar surface area (TPSA) is 73.2 Å². The van der Waals surface area contributed by atoms with Crippen LogP contribution in [0.15, 0.2) is 30.5 Å². The van der Waals surface area contributed by atoms with E-state index < -0.39 is 42.2 Å². The molecule has 6 nitrogen and oxygen atoms in total. The second-order valence-corrected chi connectivity index (χ2v) is 5.55. The van der Waals surface area contributed by atoms with E-state index >= 15 is 0 Å². The predicted octanol–water partition coefficient (Wildman–Crippen LogP) is 3.26. The van der Waals surface area contributed by atoms with E-state index in [9.17, 15) is 27.2 Å². The van der Waals surface area contributed by atoms with Gasteiger partial charge in [0, 0.05) is 6.20 Å². The van der Waals surface area contributed by atoms with Crippen molar-refractivity contribution in [1.29, 1.82) is 0 Å². The van der Waals surface area contributed by atoms with E-state index in [2.05, 4.69) is 10.4 Å². The van der Waals surface area contributed by atoms with Crippen molar-refractivity contribution >= 4 is 29.2 Å². The zero-order valence-corrected chi connectivity index (χ0v) is 13.9. The molecule has 2 rings (SSSR count). The Labute approximate surface area is 149 Å². The van der Waals surface area contributed by atoms with E-state index in [1.54, 1.807) is 0 Å². The van der Waals surface area contributed by atoms with Crippen LogP contribution in [-0.2, 0) is 27.0 Å². The summed E-state index contributed by atoms with van der Waals surface area (Å²) in [6.07, 6.45) is -4.93. The molecule has 0 radical (unpaired) electrons. The van der Waals surface area contributed by atoms with Crippen LogP contribution in [0.4, 0.5) is 23.2 Å². The van der Waals surface area contributed by atoms with Gasteiger partial charge in [0.2, 0.25) is 0 Å².